The summed E-state index contributed by atoms with van der Waals surface area (Å²) in [6.45, 7) is 9.99. The van der Waals surface area contributed by atoms with E-state index >= 15 is 0 Å². The van der Waals surface area contributed by atoms with E-state index in [1.807, 2.05) is 25.7 Å². The second-order valence-corrected chi connectivity index (χ2v) is 9.22. The Bertz CT molecular complexity index is 785. The van der Waals surface area contributed by atoms with Crippen LogP contribution in [0.3, 0.4) is 0 Å². The van der Waals surface area contributed by atoms with Crippen LogP contribution in [0.2, 0.25) is 0 Å². The second kappa shape index (κ2) is 6.81. The standard InChI is InChI=1S/C21H28FN3O3/c1-20(2,3)19(27)24-13-21(14-24)12-23(10-15-11-28-9-8-25(15)21)18(26)16-6-4-5-7-17(16)22/h4-7,15H,8-14H2,1-3H3. The third-order valence-corrected chi connectivity index (χ3v) is 6.04. The second-order valence-electron chi connectivity index (χ2n) is 9.22. The van der Waals surface area contributed by atoms with Crippen LogP contribution in [-0.2, 0) is 9.53 Å². The van der Waals surface area contributed by atoms with Gasteiger partial charge in [0.2, 0.25) is 5.91 Å². The first-order valence-electron chi connectivity index (χ1n) is 9.89. The summed E-state index contributed by atoms with van der Waals surface area (Å²) in [7, 11) is 0. The van der Waals surface area contributed by atoms with E-state index in [1.165, 1.54) is 12.1 Å². The molecule has 1 unspecified atom stereocenters. The molecule has 2 amide bonds. The summed E-state index contributed by atoms with van der Waals surface area (Å²) in [5.74, 6) is -0.661. The van der Waals surface area contributed by atoms with Crippen molar-refractivity contribution in [3.05, 3.63) is 35.6 Å². The fraction of sp³-hybridized carbons (Fsp3) is 0.619. The first-order valence-corrected chi connectivity index (χ1v) is 9.89. The summed E-state index contributed by atoms with van der Waals surface area (Å²) in [5, 5.41) is 0. The molecule has 1 atom stereocenters. The van der Waals surface area contributed by atoms with Crippen molar-refractivity contribution in [3.8, 4) is 0 Å². The Labute approximate surface area is 165 Å². The van der Waals surface area contributed by atoms with Crippen LogP contribution in [0, 0.1) is 11.2 Å². The van der Waals surface area contributed by atoms with Gasteiger partial charge in [-0.05, 0) is 12.1 Å². The van der Waals surface area contributed by atoms with Crippen molar-refractivity contribution in [3.63, 3.8) is 0 Å². The van der Waals surface area contributed by atoms with Crippen LogP contribution in [0.1, 0.15) is 31.1 Å². The zero-order chi connectivity index (χ0) is 20.1. The van der Waals surface area contributed by atoms with Crippen LogP contribution in [0.25, 0.3) is 0 Å². The SMILES string of the molecule is CC(C)(C)C(=O)N1CC2(CN(C(=O)c3ccccc3F)CC3COCCN32)C1. The molecule has 6 nitrogen and oxygen atoms in total. The number of halogens is 1. The molecule has 0 aliphatic carbocycles. The minimum atomic E-state index is -0.498. The number of hydrogen-bond donors (Lipinski definition) is 0. The molecule has 0 radical (unpaired) electrons. The van der Waals surface area contributed by atoms with Crippen molar-refractivity contribution in [2.24, 2.45) is 5.41 Å². The number of carbonyl (C=O) groups is 2. The Kier molecular flexibility index (Phi) is 4.70. The normalized spacial score (nSPS) is 24.6. The zero-order valence-electron chi connectivity index (χ0n) is 16.8. The summed E-state index contributed by atoms with van der Waals surface area (Å²) in [6.07, 6.45) is 0. The molecule has 3 fully saturated rings. The molecule has 3 aliphatic heterocycles. The highest BCUT2D eigenvalue weighted by atomic mass is 19.1. The van der Waals surface area contributed by atoms with Crippen molar-refractivity contribution in [2.45, 2.75) is 32.4 Å². The van der Waals surface area contributed by atoms with E-state index in [4.69, 9.17) is 4.74 Å². The zero-order valence-corrected chi connectivity index (χ0v) is 16.8. The van der Waals surface area contributed by atoms with Crippen molar-refractivity contribution in [2.75, 3.05) is 45.9 Å². The molecule has 0 bridgehead atoms. The van der Waals surface area contributed by atoms with E-state index < -0.39 is 11.2 Å². The van der Waals surface area contributed by atoms with Crippen molar-refractivity contribution in [1.82, 2.24) is 14.7 Å². The molecule has 0 saturated carbocycles. The van der Waals surface area contributed by atoms with Gasteiger partial charge in [-0.1, -0.05) is 32.9 Å². The molecule has 1 spiro atoms. The van der Waals surface area contributed by atoms with Crippen molar-refractivity contribution >= 4 is 11.8 Å². The number of amides is 2. The van der Waals surface area contributed by atoms with E-state index in [0.29, 0.717) is 39.4 Å². The highest BCUT2D eigenvalue weighted by Gasteiger charge is 2.56. The van der Waals surface area contributed by atoms with Gasteiger partial charge in [-0.15, -0.1) is 0 Å². The average molecular weight is 389 g/mol. The van der Waals surface area contributed by atoms with E-state index in [-0.39, 0.29) is 29.0 Å². The lowest BCUT2D eigenvalue weighted by molar-refractivity contribution is -0.178. The topological polar surface area (TPSA) is 53.1 Å². The molecule has 28 heavy (non-hydrogen) atoms. The number of carbonyl (C=O) groups excluding carboxylic acids is 2. The molecule has 0 N–H and O–H groups in total. The van der Waals surface area contributed by atoms with Gasteiger partial charge >= 0.3 is 0 Å². The van der Waals surface area contributed by atoms with Crippen LogP contribution < -0.4 is 0 Å². The minimum absolute atomic E-state index is 0.0742. The lowest BCUT2D eigenvalue weighted by Gasteiger charge is -2.63. The fourth-order valence-corrected chi connectivity index (χ4v) is 4.72. The Morgan fingerprint density at radius 1 is 1.14 bits per heavy atom. The minimum Gasteiger partial charge on any atom is -0.378 e. The highest BCUT2D eigenvalue weighted by molar-refractivity contribution is 5.94. The van der Waals surface area contributed by atoms with Gasteiger partial charge in [0.1, 0.15) is 5.82 Å². The highest BCUT2D eigenvalue weighted by Crippen LogP contribution is 2.38. The quantitative estimate of drug-likeness (QED) is 0.732. The molecule has 1 aromatic rings. The molecule has 4 rings (SSSR count). The van der Waals surface area contributed by atoms with Crippen LogP contribution in [0.5, 0.6) is 0 Å². The molecular formula is C21H28FN3O3. The van der Waals surface area contributed by atoms with E-state index in [1.54, 1.807) is 17.0 Å². The summed E-state index contributed by atoms with van der Waals surface area (Å²) < 4.78 is 19.8. The van der Waals surface area contributed by atoms with Crippen molar-refractivity contribution in [1.29, 1.82) is 0 Å². The summed E-state index contributed by atoms with van der Waals surface area (Å²) in [5.41, 5.74) is -0.595. The molecule has 3 aliphatic rings. The van der Waals surface area contributed by atoms with Gasteiger partial charge in [-0.2, -0.15) is 0 Å². The van der Waals surface area contributed by atoms with Crippen LogP contribution in [0.4, 0.5) is 4.39 Å². The third-order valence-electron chi connectivity index (χ3n) is 6.04. The van der Waals surface area contributed by atoms with Gasteiger partial charge in [0.25, 0.3) is 5.91 Å². The molecular weight excluding hydrogens is 361 g/mol. The lowest BCUT2D eigenvalue weighted by atomic mass is 9.80. The molecule has 0 aromatic heterocycles. The summed E-state index contributed by atoms with van der Waals surface area (Å²) in [4.78, 5) is 31.7. The number of hydrogen-bond acceptors (Lipinski definition) is 4. The largest absolute Gasteiger partial charge is 0.378 e. The van der Waals surface area contributed by atoms with Gasteiger partial charge in [0, 0.05) is 38.1 Å². The molecule has 152 valence electrons. The van der Waals surface area contributed by atoms with E-state index in [0.717, 1.165) is 6.54 Å². The van der Waals surface area contributed by atoms with E-state index in [2.05, 4.69) is 4.90 Å². The van der Waals surface area contributed by atoms with Gasteiger partial charge < -0.3 is 14.5 Å². The van der Waals surface area contributed by atoms with Crippen molar-refractivity contribution < 1.29 is 18.7 Å². The van der Waals surface area contributed by atoms with Gasteiger partial charge in [-0.25, -0.2) is 4.39 Å². The van der Waals surface area contributed by atoms with Crippen LogP contribution in [0.15, 0.2) is 24.3 Å². The predicted octanol–water partition coefficient (Wildman–Crippen LogP) is 1.61. The van der Waals surface area contributed by atoms with Gasteiger partial charge in [0.15, 0.2) is 0 Å². The number of morpholine rings is 1. The number of likely N-dealkylation sites (tertiary alicyclic amines) is 1. The number of rotatable bonds is 1. The van der Waals surface area contributed by atoms with E-state index in [9.17, 15) is 14.0 Å². The summed E-state index contributed by atoms with van der Waals surface area (Å²) in [6, 6.07) is 6.19. The predicted molar refractivity (Wildman–Crippen MR) is 102 cm³/mol. The Balaban J connectivity index is 1.57. The molecule has 3 saturated heterocycles. The Hall–Kier alpha value is -1.99. The Morgan fingerprint density at radius 2 is 1.82 bits per heavy atom. The maximum absolute atomic E-state index is 14.2. The number of nitrogens with zero attached hydrogens (tertiary/aromatic N) is 3. The number of ether oxygens (including phenoxy) is 1. The molecule has 7 heteroatoms. The third kappa shape index (κ3) is 3.20. The number of fused-ring (bicyclic) bond motifs is 2. The average Bonchev–Trinajstić information content (AvgIpc) is 2.63. The summed E-state index contributed by atoms with van der Waals surface area (Å²) >= 11 is 0. The number of benzene rings is 1. The first kappa shape index (κ1) is 19.3. The van der Waals surface area contributed by atoms with Gasteiger partial charge in [0.05, 0.1) is 30.4 Å². The molecule has 1 aromatic carbocycles. The smallest absolute Gasteiger partial charge is 0.256 e. The number of piperazine rings is 1. The molecule has 3 heterocycles. The fourth-order valence-electron chi connectivity index (χ4n) is 4.72. The van der Waals surface area contributed by atoms with Crippen LogP contribution >= 0.6 is 0 Å². The monoisotopic (exact) mass is 389 g/mol. The first-order chi connectivity index (χ1) is 13.2. The van der Waals surface area contributed by atoms with Gasteiger partial charge in [-0.3, -0.25) is 14.5 Å². The van der Waals surface area contributed by atoms with Crippen LogP contribution in [-0.4, -0.2) is 84.0 Å². The Morgan fingerprint density at radius 3 is 2.50 bits per heavy atom. The maximum Gasteiger partial charge on any atom is 0.256 e. The maximum atomic E-state index is 14.2. The lowest BCUT2D eigenvalue weighted by Crippen LogP contribution is -2.81.